The molecular weight excluding hydrogens is 394 g/mol. The molecule has 1 aliphatic heterocycles. The molecule has 0 spiro atoms. The van der Waals surface area contributed by atoms with Crippen LogP contribution >= 0.6 is 24.0 Å². The van der Waals surface area contributed by atoms with E-state index in [1.54, 1.807) is 30.5 Å². The van der Waals surface area contributed by atoms with Crippen LogP contribution in [0.4, 0.5) is 17.1 Å². The van der Waals surface area contributed by atoms with Crippen LogP contribution in [0.3, 0.4) is 0 Å². The van der Waals surface area contributed by atoms with Crippen LogP contribution in [-0.2, 0) is 4.79 Å². The maximum atomic E-state index is 12.6. The molecule has 27 heavy (non-hydrogen) atoms. The molecule has 0 bridgehead atoms. The molecule has 2 aromatic rings. The number of thioether (sulfide) groups is 1. The number of nitrogens with one attached hydrogen (secondary N) is 1. The number of anilines is 1. The Hall–Kier alpha value is -3.38. The average Bonchev–Trinajstić information content (AvgIpc) is 2.90. The molecule has 1 aromatic heterocycles. The van der Waals surface area contributed by atoms with Crippen LogP contribution in [-0.4, -0.2) is 30.1 Å². The molecular formula is C15H9N5O5S2. The van der Waals surface area contributed by atoms with E-state index in [4.69, 9.17) is 12.2 Å². The van der Waals surface area contributed by atoms with Gasteiger partial charge in [-0.1, -0.05) is 17.8 Å². The normalized spacial score (nSPS) is 15.3. The van der Waals surface area contributed by atoms with Gasteiger partial charge in [0.25, 0.3) is 11.6 Å². The fraction of sp³-hybridized carbons (Fsp3) is 0. The van der Waals surface area contributed by atoms with Crippen LogP contribution in [0.15, 0.2) is 47.5 Å². The monoisotopic (exact) mass is 403 g/mol. The predicted molar refractivity (Wildman–Crippen MR) is 103 cm³/mol. The summed E-state index contributed by atoms with van der Waals surface area (Å²) in [5.74, 6) is -0.511. The molecule has 0 saturated carbocycles. The fourth-order valence-electron chi connectivity index (χ4n) is 2.16. The standard InChI is InChI=1S/C15H9N5O5S2/c21-14-13(7-9-3-1-2-6-16-9)27-15(26)18(14)17-11-5-4-10(19(22)23)8-12(11)20(24)25/h1-8,17H. The van der Waals surface area contributed by atoms with Gasteiger partial charge in [-0.3, -0.25) is 35.4 Å². The third-order valence-corrected chi connectivity index (χ3v) is 4.68. The van der Waals surface area contributed by atoms with Crippen molar-refractivity contribution in [2.45, 2.75) is 0 Å². The number of hydrazine groups is 1. The molecule has 1 saturated heterocycles. The summed E-state index contributed by atoms with van der Waals surface area (Å²) in [6.45, 7) is 0. The van der Waals surface area contributed by atoms with Crippen molar-refractivity contribution in [1.82, 2.24) is 9.99 Å². The molecule has 1 aliphatic rings. The van der Waals surface area contributed by atoms with Gasteiger partial charge in [-0.2, -0.15) is 0 Å². The van der Waals surface area contributed by atoms with E-state index in [1.807, 2.05) is 0 Å². The molecule has 1 aromatic carbocycles. The zero-order chi connectivity index (χ0) is 19.6. The van der Waals surface area contributed by atoms with E-state index in [0.29, 0.717) is 5.69 Å². The Morgan fingerprint density at radius 3 is 2.59 bits per heavy atom. The van der Waals surface area contributed by atoms with E-state index in [1.165, 1.54) is 0 Å². The Morgan fingerprint density at radius 2 is 1.96 bits per heavy atom. The summed E-state index contributed by atoms with van der Waals surface area (Å²) in [5, 5.41) is 23.0. The lowest BCUT2D eigenvalue weighted by Gasteiger charge is -2.16. The second-order valence-corrected chi connectivity index (χ2v) is 6.77. The number of benzene rings is 1. The quantitative estimate of drug-likeness (QED) is 0.346. The number of nitro benzene ring substituents is 2. The number of pyridine rings is 1. The number of non-ortho nitro benzene ring substituents is 1. The molecule has 136 valence electrons. The number of hydrogen-bond acceptors (Lipinski definition) is 9. The number of hydrogen-bond donors (Lipinski definition) is 1. The van der Waals surface area contributed by atoms with Crippen LogP contribution in [0.2, 0.25) is 0 Å². The van der Waals surface area contributed by atoms with Crippen LogP contribution < -0.4 is 5.43 Å². The van der Waals surface area contributed by atoms with Gasteiger partial charge in [0, 0.05) is 12.3 Å². The molecule has 1 N–H and O–H groups in total. The summed E-state index contributed by atoms with van der Waals surface area (Å²) in [6, 6.07) is 8.26. The van der Waals surface area contributed by atoms with E-state index < -0.39 is 27.1 Å². The summed E-state index contributed by atoms with van der Waals surface area (Å²) in [4.78, 5) is 37.5. The number of amides is 1. The van der Waals surface area contributed by atoms with E-state index in [0.717, 1.165) is 35.0 Å². The zero-order valence-electron chi connectivity index (χ0n) is 13.3. The fourth-order valence-corrected chi connectivity index (χ4v) is 3.32. The Kier molecular flexibility index (Phi) is 5.09. The number of carbonyl (C=O) groups excluding carboxylic acids is 1. The number of aromatic nitrogens is 1. The predicted octanol–water partition coefficient (Wildman–Crippen LogP) is 3.13. The lowest BCUT2D eigenvalue weighted by Crippen LogP contribution is -2.34. The van der Waals surface area contributed by atoms with E-state index in [-0.39, 0.29) is 14.9 Å². The molecule has 0 unspecified atom stereocenters. The maximum absolute atomic E-state index is 12.6. The lowest BCUT2D eigenvalue weighted by atomic mass is 10.2. The minimum absolute atomic E-state index is 0.0963. The Labute approximate surface area is 161 Å². The highest BCUT2D eigenvalue weighted by molar-refractivity contribution is 8.26. The first-order chi connectivity index (χ1) is 12.9. The van der Waals surface area contributed by atoms with E-state index >= 15 is 0 Å². The summed E-state index contributed by atoms with van der Waals surface area (Å²) < 4.78 is 0.134. The largest absolute Gasteiger partial charge is 0.300 e. The van der Waals surface area contributed by atoms with Crippen molar-refractivity contribution in [1.29, 1.82) is 0 Å². The van der Waals surface area contributed by atoms with Gasteiger partial charge in [0.15, 0.2) is 4.32 Å². The van der Waals surface area contributed by atoms with Crippen LogP contribution in [0.5, 0.6) is 0 Å². The summed E-state index contributed by atoms with van der Waals surface area (Å²) in [7, 11) is 0. The average molecular weight is 403 g/mol. The van der Waals surface area contributed by atoms with Crippen molar-refractivity contribution in [3.63, 3.8) is 0 Å². The van der Waals surface area contributed by atoms with E-state index in [2.05, 4.69) is 10.4 Å². The summed E-state index contributed by atoms with van der Waals surface area (Å²) >= 11 is 6.16. The molecule has 1 fully saturated rings. The van der Waals surface area contributed by atoms with Crippen molar-refractivity contribution in [2.24, 2.45) is 0 Å². The van der Waals surface area contributed by atoms with Gasteiger partial charge in [0.05, 0.1) is 26.5 Å². The molecule has 1 amide bonds. The lowest BCUT2D eigenvalue weighted by molar-refractivity contribution is -0.393. The van der Waals surface area contributed by atoms with Crippen molar-refractivity contribution in [3.8, 4) is 0 Å². The minimum atomic E-state index is -0.781. The molecule has 2 heterocycles. The SMILES string of the molecule is O=C1C(=Cc2ccccn2)SC(=S)N1Nc1ccc([N+](=O)[O-])cc1[N+](=O)[O-]. The number of nitrogens with zero attached hydrogens (tertiary/aromatic N) is 4. The van der Waals surface area contributed by atoms with Gasteiger partial charge in [-0.25, -0.2) is 5.01 Å². The van der Waals surface area contributed by atoms with Crippen molar-refractivity contribution < 1.29 is 14.6 Å². The first-order valence-corrected chi connectivity index (χ1v) is 8.48. The number of thiocarbonyl (C=S) groups is 1. The topological polar surface area (TPSA) is 132 Å². The first-order valence-electron chi connectivity index (χ1n) is 7.25. The summed E-state index contributed by atoms with van der Waals surface area (Å²) in [5.41, 5.74) is 2.04. The van der Waals surface area contributed by atoms with Crippen molar-refractivity contribution >= 4 is 57.3 Å². The van der Waals surface area contributed by atoms with Crippen molar-refractivity contribution in [2.75, 3.05) is 5.43 Å². The third-order valence-electron chi connectivity index (χ3n) is 3.38. The maximum Gasteiger partial charge on any atom is 0.300 e. The number of rotatable bonds is 5. The van der Waals surface area contributed by atoms with Crippen molar-refractivity contribution in [3.05, 3.63) is 73.4 Å². The molecule has 3 rings (SSSR count). The van der Waals surface area contributed by atoms with Crippen LogP contribution in [0.25, 0.3) is 6.08 Å². The number of carbonyl (C=O) groups is 1. The Bertz CT molecular complexity index is 995. The van der Waals surface area contributed by atoms with Gasteiger partial charge in [-0.05, 0) is 36.5 Å². The molecule has 0 radical (unpaired) electrons. The number of nitro groups is 2. The highest BCUT2D eigenvalue weighted by Gasteiger charge is 2.34. The molecule has 12 heteroatoms. The van der Waals surface area contributed by atoms with Gasteiger partial charge in [0.2, 0.25) is 0 Å². The smallest absolute Gasteiger partial charge is 0.283 e. The highest BCUT2D eigenvalue weighted by atomic mass is 32.2. The third kappa shape index (κ3) is 3.91. The van der Waals surface area contributed by atoms with E-state index in [9.17, 15) is 25.0 Å². The molecule has 10 nitrogen and oxygen atoms in total. The minimum Gasteiger partial charge on any atom is -0.283 e. The van der Waals surface area contributed by atoms with Crippen LogP contribution in [0.1, 0.15) is 5.69 Å². The van der Waals surface area contributed by atoms with Gasteiger partial charge < -0.3 is 0 Å². The second kappa shape index (κ2) is 7.47. The Balaban J connectivity index is 1.89. The summed E-state index contributed by atoms with van der Waals surface area (Å²) in [6.07, 6.45) is 3.12. The molecule has 0 atom stereocenters. The molecule has 0 aliphatic carbocycles. The first kappa shape index (κ1) is 18.4. The highest BCUT2D eigenvalue weighted by Crippen LogP contribution is 2.35. The van der Waals surface area contributed by atoms with Gasteiger partial charge in [0.1, 0.15) is 5.69 Å². The van der Waals surface area contributed by atoms with Gasteiger partial charge in [-0.15, -0.1) is 0 Å². The second-order valence-electron chi connectivity index (χ2n) is 5.10. The zero-order valence-corrected chi connectivity index (χ0v) is 14.9. The Morgan fingerprint density at radius 1 is 1.19 bits per heavy atom. The van der Waals surface area contributed by atoms with Crippen LogP contribution in [0, 0.1) is 20.2 Å². The van der Waals surface area contributed by atoms with Gasteiger partial charge >= 0.3 is 5.69 Å².